The van der Waals surface area contributed by atoms with Crippen molar-refractivity contribution in [2.24, 2.45) is 46.3 Å². The van der Waals surface area contributed by atoms with Crippen molar-refractivity contribution in [3.05, 3.63) is 0 Å². The zero-order valence-electron chi connectivity index (χ0n) is 19.4. The molecule has 0 aromatic heterocycles. The molecular formula is C28H42O3. The van der Waals surface area contributed by atoms with Gasteiger partial charge in [-0.25, -0.2) is 0 Å². The van der Waals surface area contributed by atoms with E-state index in [1.54, 1.807) is 0 Å². The molecule has 0 aromatic rings. The van der Waals surface area contributed by atoms with Gasteiger partial charge < -0.3 is 4.74 Å². The number of Topliss-reactive ketones (excluding diaryl/α,β-unsaturated/α-hetero) is 2. The first-order valence-corrected chi connectivity index (χ1v) is 13.6. The Bertz CT molecular complexity index is 591. The number of ketones is 2. The highest BCUT2D eigenvalue weighted by Crippen LogP contribution is 2.62. The number of hydrogen-bond acceptors (Lipinski definition) is 3. The van der Waals surface area contributed by atoms with Crippen LogP contribution in [0.1, 0.15) is 103 Å². The summed E-state index contributed by atoms with van der Waals surface area (Å²) in [5, 5.41) is 0. The second-order valence-corrected chi connectivity index (χ2v) is 13.4. The Hall–Kier alpha value is -0.700. The molecule has 0 atom stereocenters. The van der Waals surface area contributed by atoms with Crippen LogP contribution in [0.25, 0.3) is 0 Å². The van der Waals surface area contributed by atoms with Crippen LogP contribution in [-0.2, 0) is 14.3 Å². The Kier molecular flexibility index (Phi) is 5.36. The SMILES string of the molecule is O=C(CCC12CC3CC(CC(C3)C1)C2)COCC(=O)CCC12CC3CC(CC(C3)C1)C2. The minimum Gasteiger partial charge on any atom is -0.366 e. The largest absolute Gasteiger partial charge is 0.366 e. The number of hydrogen-bond donors (Lipinski definition) is 0. The molecule has 8 rings (SSSR count). The summed E-state index contributed by atoms with van der Waals surface area (Å²) in [5.41, 5.74) is 0.941. The molecule has 31 heavy (non-hydrogen) atoms. The van der Waals surface area contributed by atoms with Crippen LogP contribution in [-0.4, -0.2) is 24.8 Å². The second-order valence-electron chi connectivity index (χ2n) is 13.4. The van der Waals surface area contributed by atoms with E-state index in [0.29, 0.717) is 23.7 Å². The number of rotatable bonds is 10. The minimum atomic E-state index is 0.148. The van der Waals surface area contributed by atoms with Gasteiger partial charge in [0.15, 0.2) is 11.6 Å². The van der Waals surface area contributed by atoms with Gasteiger partial charge in [-0.15, -0.1) is 0 Å². The smallest absolute Gasteiger partial charge is 0.158 e. The molecule has 0 N–H and O–H groups in total. The van der Waals surface area contributed by atoms with E-state index >= 15 is 0 Å². The topological polar surface area (TPSA) is 43.4 Å². The lowest BCUT2D eigenvalue weighted by atomic mass is 9.48. The summed E-state index contributed by atoms with van der Waals surface area (Å²) < 4.78 is 5.60. The lowest BCUT2D eigenvalue weighted by molar-refractivity contribution is -0.131. The van der Waals surface area contributed by atoms with Gasteiger partial charge in [-0.05, 0) is 136 Å². The Labute approximate surface area is 188 Å². The highest BCUT2D eigenvalue weighted by atomic mass is 16.5. The van der Waals surface area contributed by atoms with E-state index in [2.05, 4.69) is 0 Å². The maximum Gasteiger partial charge on any atom is 0.158 e. The van der Waals surface area contributed by atoms with Crippen LogP contribution in [0.5, 0.6) is 0 Å². The highest BCUT2D eigenvalue weighted by Gasteiger charge is 2.51. The van der Waals surface area contributed by atoms with Crippen LogP contribution in [0, 0.1) is 46.3 Å². The highest BCUT2D eigenvalue weighted by molar-refractivity contribution is 5.82. The third-order valence-electron chi connectivity index (χ3n) is 10.7. The normalized spacial score (nSPS) is 46.6. The zero-order valence-corrected chi connectivity index (χ0v) is 19.4. The zero-order chi connectivity index (χ0) is 21.1. The summed E-state index contributed by atoms with van der Waals surface area (Å²) >= 11 is 0. The van der Waals surface area contributed by atoms with Crippen molar-refractivity contribution in [1.82, 2.24) is 0 Å². The van der Waals surface area contributed by atoms with Gasteiger partial charge in [0, 0.05) is 12.8 Å². The number of ether oxygens (including phenoxy) is 1. The lowest BCUT2D eigenvalue weighted by Crippen LogP contribution is -2.46. The fourth-order valence-electron chi connectivity index (χ4n) is 10.4. The van der Waals surface area contributed by atoms with Gasteiger partial charge in [0.1, 0.15) is 13.2 Å². The first kappa shape index (κ1) is 20.9. The Morgan fingerprint density at radius 3 is 1.13 bits per heavy atom. The maximum absolute atomic E-state index is 12.5. The van der Waals surface area contributed by atoms with E-state index in [9.17, 15) is 9.59 Å². The summed E-state index contributed by atoms with van der Waals surface area (Å²) in [4.78, 5) is 24.9. The van der Waals surface area contributed by atoms with Crippen molar-refractivity contribution < 1.29 is 14.3 Å². The van der Waals surface area contributed by atoms with Crippen LogP contribution in [0.4, 0.5) is 0 Å². The molecule has 0 aromatic carbocycles. The predicted octanol–water partition coefficient (Wildman–Crippen LogP) is 6.13. The first-order valence-electron chi connectivity index (χ1n) is 13.6. The van der Waals surface area contributed by atoms with E-state index in [1.165, 1.54) is 77.0 Å². The van der Waals surface area contributed by atoms with Crippen molar-refractivity contribution in [2.75, 3.05) is 13.2 Å². The van der Waals surface area contributed by atoms with Crippen molar-refractivity contribution >= 4 is 11.6 Å². The third-order valence-corrected chi connectivity index (χ3v) is 10.7. The van der Waals surface area contributed by atoms with Crippen LogP contribution >= 0.6 is 0 Å². The minimum absolute atomic E-state index is 0.148. The molecule has 8 fully saturated rings. The summed E-state index contributed by atoms with van der Waals surface area (Å²) in [7, 11) is 0. The van der Waals surface area contributed by atoms with E-state index in [4.69, 9.17) is 4.74 Å². The molecule has 3 heteroatoms. The summed E-state index contributed by atoms with van der Waals surface area (Å²) in [6.45, 7) is 0.297. The molecule has 172 valence electrons. The van der Waals surface area contributed by atoms with E-state index in [1.807, 2.05) is 0 Å². The molecule has 0 aliphatic heterocycles. The van der Waals surface area contributed by atoms with E-state index in [0.717, 1.165) is 48.3 Å². The molecule has 0 radical (unpaired) electrons. The molecule has 0 spiro atoms. The van der Waals surface area contributed by atoms with Gasteiger partial charge >= 0.3 is 0 Å². The molecule has 8 saturated carbocycles. The van der Waals surface area contributed by atoms with Gasteiger partial charge in [0.2, 0.25) is 0 Å². The molecule has 3 nitrogen and oxygen atoms in total. The van der Waals surface area contributed by atoms with Gasteiger partial charge in [-0.3, -0.25) is 9.59 Å². The molecule has 0 saturated heterocycles. The van der Waals surface area contributed by atoms with Crippen LogP contribution < -0.4 is 0 Å². The molecular weight excluding hydrogens is 384 g/mol. The summed E-state index contributed by atoms with van der Waals surface area (Å²) in [6.07, 6.45) is 20.4. The quantitative estimate of drug-likeness (QED) is 0.422. The maximum atomic E-state index is 12.5. The average Bonchev–Trinajstić information content (AvgIpc) is 2.69. The molecule has 8 aliphatic carbocycles. The van der Waals surface area contributed by atoms with Gasteiger partial charge in [-0.2, -0.15) is 0 Å². The summed E-state index contributed by atoms with van der Waals surface area (Å²) in [5.74, 6) is 6.12. The molecule has 8 aliphatic rings. The van der Waals surface area contributed by atoms with Crippen LogP contribution in [0.15, 0.2) is 0 Å². The molecule has 8 bridgehead atoms. The first-order chi connectivity index (χ1) is 15.0. The van der Waals surface area contributed by atoms with E-state index in [-0.39, 0.29) is 24.8 Å². The lowest BCUT2D eigenvalue weighted by Gasteiger charge is -2.57. The van der Waals surface area contributed by atoms with Crippen molar-refractivity contribution in [3.63, 3.8) is 0 Å². The number of carbonyl (C=O) groups excluding carboxylic acids is 2. The third kappa shape index (κ3) is 4.30. The Morgan fingerprint density at radius 2 is 0.839 bits per heavy atom. The van der Waals surface area contributed by atoms with Crippen LogP contribution in [0.3, 0.4) is 0 Å². The second kappa shape index (κ2) is 7.96. The fourth-order valence-corrected chi connectivity index (χ4v) is 10.4. The van der Waals surface area contributed by atoms with Crippen LogP contribution in [0.2, 0.25) is 0 Å². The Balaban J connectivity index is 0.902. The van der Waals surface area contributed by atoms with Gasteiger partial charge in [0.05, 0.1) is 0 Å². The average molecular weight is 427 g/mol. The monoisotopic (exact) mass is 426 g/mol. The van der Waals surface area contributed by atoms with Crippen molar-refractivity contribution in [1.29, 1.82) is 0 Å². The molecule has 0 amide bonds. The summed E-state index contributed by atoms with van der Waals surface area (Å²) in [6, 6.07) is 0. The predicted molar refractivity (Wildman–Crippen MR) is 121 cm³/mol. The fraction of sp³-hybridized carbons (Fsp3) is 0.929. The van der Waals surface area contributed by atoms with Gasteiger partial charge in [-0.1, -0.05) is 0 Å². The van der Waals surface area contributed by atoms with Crippen molar-refractivity contribution in [3.8, 4) is 0 Å². The van der Waals surface area contributed by atoms with E-state index < -0.39 is 0 Å². The Morgan fingerprint density at radius 1 is 0.548 bits per heavy atom. The standard InChI is InChI=1S/C28H42O3/c29-25(1-3-27-11-19-5-20(12-27)7-21(6-19)13-27)17-31-18-26(30)2-4-28-14-22-8-23(15-28)10-24(9-22)16-28/h19-24H,1-18H2. The molecule has 0 heterocycles. The number of carbonyl (C=O) groups is 2. The van der Waals surface area contributed by atoms with Crippen molar-refractivity contribution in [2.45, 2.75) is 103 Å². The molecule has 0 unspecified atom stereocenters. The van der Waals surface area contributed by atoms with Gasteiger partial charge in [0.25, 0.3) is 0 Å².